The number of carbonyl (C=O) groups excluding carboxylic acids is 1. The van der Waals surface area contributed by atoms with Crippen molar-refractivity contribution in [1.82, 2.24) is 4.90 Å². The Bertz CT molecular complexity index is 157. The van der Waals surface area contributed by atoms with Crippen LogP contribution in [0, 0.1) is 0 Å². The molecule has 5 heteroatoms. The van der Waals surface area contributed by atoms with E-state index in [2.05, 4.69) is 4.74 Å². The highest BCUT2D eigenvalue weighted by molar-refractivity contribution is 5.76. The summed E-state index contributed by atoms with van der Waals surface area (Å²) >= 11 is 0. The van der Waals surface area contributed by atoms with Crippen molar-refractivity contribution in [2.24, 2.45) is 0 Å². The van der Waals surface area contributed by atoms with Crippen molar-refractivity contribution in [3.8, 4) is 0 Å². The van der Waals surface area contributed by atoms with Crippen LogP contribution in [0.1, 0.15) is 6.92 Å². The van der Waals surface area contributed by atoms with Gasteiger partial charge in [-0.2, -0.15) is 0 Å². The Kier molecular flexibility index (Phi) is 4.02. The molecule has 64 valence electrons. The molecular formula is C6H11NO4. The van der Waals surface area contributed by atoms with Crippen LogP contribution in [-0.2, 0) is 9.53 Å². The van der Waals surface area contributed by atoms with Crippen LogP contribution in [0.5, 0.6) is 0 Å². The fraction of sp³-hybridized carbons (Fsp3) is 0.667. The predicted octanol–water partition coefficient (Wildman–Crippen LogP) is 0.159. The molecule has 0 fully saturated rings. The summed E-state index contributed by atoms with van der Waals surface area (Å²) in [4.78, 5) is 21.9. The normalized spacial score (nSPS) is 8.91. The summed E-state index contributed by atoms with van der Waals surface area (Å²) in [6.07, 6.45) is -0.616. The largest absolute Gasteiger partial charge is 0.480 e. The number of methoxy groups -OCH3 is 1. The number of hydrogen-bond acceptors (Lipinski definition) is 3. The van der Waals surface area contributed by atoms with E-state index in [1.54, 1.807) is 6.92 Å². The lowest BCUT2D eigenvalue weighted by Gasteiger charge is -2.15. The van der Waals surface area contributed by atoms with Gasteiger partial charge in [-0.15, -0.1) is 0 Å². The van der Waals surface area contributed by atoms with Gasteiger partial charge in [0.05, 0.1) is 7.11 Å². The van der Waals surface area contributed by atoms with Gasteiger partial charge in [-0.25, -0.2) is 4.79 Å². The number of carboxylic acid groups (broad SMARTS) is 1. The molecular weight excluding hydrogens is 150 g/mol. The second kappa shape index (κ2) is 4.54. The number of carbonyl (C=O) groups is 2. The van der Waals surface area contributed by atoms with Crippen LogP contribution >= 0.6 is 0 Å². The zero-order valence-electron chi connectivity index (χ0n) is 6.53. The fourth-order valence-corrected chi connectivity index (χ4v) is 0.598. The van der Waals surface area contributed by atoms with Crippen molar-refractivity contribution in [2.75, 3.05) is 20.2 Å². The van der Waals surface area contributed by atoms with Crippen LogP contribution in [0.25, 0.3) is 0 Å². The molecule has 5 nitrogen and oxygen atoms in total. The monoisotopic (exact) mass is 161 g/mol. The van der Waals surface area contributed by atoms with Gasteiger partial charge in [0.15, 0.2) is 0 Å². The molecule has 0 heterocycles. The van der Waals surface area contributed by atoms with Gasteiger partial charge in [0, 0.05) is 6.54 Å². The number of carboxylic acids is 1. The Labute approximate surface area is 64.6 Å². The van der Waals surface area contributed by atoms with Crippen molar-refractivity contribution in [3.05, 3.63) is 0 Å². The number of nitrogens with zero attached hydrogens (tertiary/aromatic N) is 1. The number of hydrogen-bond donors (Lipinski definition) is 1. The molecule has 0 aliphatic rings. The minimum atomic E-state index is -1.04. The lowest BCUT2D eigenvalue weighted by Crippen LogP contribution is -2.35. The second-order valence-electron chi connectivity index (χ2n) is 1.88. The van der Waals surface area contributed by atoms with Gasteiger partial charge in [0.25, 0.3) is 0 Å². The van der Waals surface area contributed by atoms with Crippen LogP contribution in [0.15, 0.2) is 0 Å². The summed E-state index contributed by atoms with van der Waals surface area (Å²) in [5.74, 6) is -1.04. The van der Waals surface area contributed by atoms with Gasteiger partial charge in [-0.3, -0.25) is 9.69 Å². The summed E-state index contributed by atoms with van der Waals surface area (Å²) < 4.78 is 4.33. The summed E-state index contributed by atoms with van der Waals surface area (Å²) in [6, 6.07) is 0. The lowest BCUT2D eigenvalue weighted by molar-refractivity contribution is -0.137. The lowest BCUT2D eigenvalue weighted by atomic mass is 10.5. The third-order valence-electron chi connectivity index (χ3n) is 1.14. The predicted molar refractivity (Wildman–Crippen MR) is 37.3 cm³/mol. The summed E-state index contributed by atoms with van der Waals surface area (Å²) in [6.45, 7) is 1.70. The van der Waals surface area contributed by atoms with E-state index in [4.69, 9.17) is 5.11 Å². The first-order chi connectivity index (χ1) is 5.11. The van der Waals surface area contributed by atoms with E-state index < -0.39 is 12.1 Å². The molecule has 11 heavy (non-hydrogen) atoms. The Balaban J connectivity index is 3.94. The number of amides is 1. The van der Waals surface area contributed by atoms with Gasteiger partial charge in [0.2, 0.25) is 0 Å². The average molecular weight is 161 g/mol. The first kappa shape index (κ1) is 9.74. The van der Waals surface area contributed by atoms with Crippen molar-refractivity contribution >= 4 is 12.1 Å². The van der Waals surface area contributed by atoms with Crippen LogP contribution in [-0.4, -0.2) is 42.3 Å². The first-order valence-electron chi connectivity index (χ1n) is 3.16. The molecule has 0 atom stereocenters. The molecule has 0 aromatic heterocycles. The quantitative estimate of drug-likeness (QED) is 0.640. The number of likely N-dealkylation sites (N-methyl/N-ethyl adjacent to an activating group) is 1. The van der Waals surface area contributed by atoms with Crippen molar-refractivity contribution in [1.29, 1.82) is 0 Å². The Morgan fingerprint density at radius 1 is 1.55 bits per heavy atom. The third-order valence-corrected chi connectivity index (χ3v) is 1.14. The van der Waals surface area contributed by atoms with Crippen molar-refractivity contribution < 1.29 is 19.4 Å². The molecule has 0 saturated carbocycles. The highest BCUT2D eigenvalue weighted by Crippen LogP contribution is 1.91. The number of rotatable bonds is 3. The minimum absolute atomic E-state index is 0.316. The molecule has 0 aliphatic heterocycles. The smallest absolute Gasteiger partial charge is 0.410 e. The molecule has 0 aromatic carbocycles. The van der Waals surface area contributed by atoms with E-state index in [1.165, 1.54) is 7.11 Å². The van der Waals surface area contributed by atoms with Crippen LogP contribution in [0.2, 0.25) is 0 Å². The summed E-state index contributed by atoms with van der Waals surface area (Å²) in [5.41, 5.74) is 0. The fourth-order valence-electron chi connectivity index (χ4n) is 0.598. The second-order valence-corrected chi connectivity index (χ2v) is 1.88. The van der Waals surface area contributed by atoms with Gasteiger partial charge in [0.1, 0.15) is 6.54 Å². The topological polar surface area (TPSA) is 66.8 Å². The molecule has 1 amide bonds. The minimum Gasteiger partial charge on any atom is -0.480 e. The van der Waals surface area contributed by atoms with Crippen LogP contribution in [0.4, 0.5) is 4.79 Å². The van der Waals surface area contributed by atoms with E-state index in [-0.39, 0.29) is 6.54 Å². The maximum absolute atomic E-state index is 10.7. The molecule has 0 saturated heterocycles. The van der Waals surface area contributed by atoms with E-state index in [9.17, 15) is 9.59 Å². The zero-order valence-corrected chi connectivity index (χ0v) is 6.53. The van der Waals surface area contributed by atoms with E-state index in [0.717, 1.165) is 4.90 Å². The molecule has 0 radical (unpaired) electrons. The highest BCUT2D eigenvalue weighted by Gasteiger charge is 2.13. The molecule has 0 unspecified atom stereocenters. The summed E-state index contributed by atoms with van der Waals surface area (Å²) in [5, 5.41) is 8.31. The van der Waals surface area contributed by atoms with Crippen LogP contribution < -0.4 is 0 Å². The molecule has 0 aliphatic carbocycles. The zero-order chi connectivity index (χ0) is 8.85. The van der Waals surface area contributed by atoms with Crippen LogP contribution in [0.3, 0.4) is 0 Å². The van der Waals surface area contributed by atoms with E-state index >= 15 is 0 Å². The highest BCUT2D eigenvalue weighted by atomic mass is 16.5. The van der Waals surface area contributed by atoms with Gasteiger partial charge >= 0.3 is 12.1 Å². The molecule has 0 spiro atoms. The molecule has 0 aromatic rings. The third kappa shape index (κ3) is 3.44. The average Bonchev–Trinajstić information content (AvgIpc) is 1.98. The Hall–Kier alpha value is -1.26. The number of ether oxygens (including phenoxy) is 1. The van der Waals surface area contributed by atoms with Crippen molar-refractivity contribution in [2.45, 2.75) is 6.92 Å². The van der Waals surface area contributed by atoms with E-state index in [0.29, 0.717) is 6.54 Å². The van der Waals surface area contributed by atoms with E-state index in [1.807, 2.05) is 0 Å². The molecule has 0 bridgehead atoms. The van der Waals surface area contributed by atoms with Gasteiger partial charge in [-0.1, -0.05) is 0 Å². The molecule has 0 rings (SSSR count). The summed E-state index contributed by atoms with van der Waals surface area (Å²) in [7, 11) is 1.22. The maximum Gasteiger partial charge on any atom is 0.410 e. The maximum atomic E-state index is 10.7. The SMILES string of the molecule is CCN(CC(=O)O)C(=O)OC. The number of aliphatic carboxylic acids is 1. The first-order valence-corrected chi connectivity index (χ1v) is 3.16. The van der Waals surface area contributed by atoms with Gasteiger partial charge in [-0.05, 0) is 6.92 Å². The standard InChI is InChI=1S/C6H11NO4/c1-3-7(4-5(8)9)6(10)11-2/h3-4H2,1-2H3,(H,8,9). The molecule has 1 N–H and O–H groups in total. The van der Waals surface area contributed by atoms with Crippen molar-refractivity contribution in [3.63, 3.8) is 0 Å². The Morgan fingerprint density at radius 3 is 2.36 bits per heavy atom. The Morgan fingerprint density at radius 2 is 2.09 bits per heavy atom. The van der Waals surface area contributed by atoms with Gasteiger partial charge < -0.3 is 9.84 Å².